The molecule has 5 heteroatoms. The van der Waals surface area contributed by atoms with Gasteiger partial charge in [0, 0.05) is 11.8 Å². The molecule has 2 aromatic carbocycles. The van der Waals surface area contributed by atoms with Crippen LogP contribution >= 0.6 is 0 Å². The lowest BCUT2D eigenvalue weighted by molar-refractivity contribution is -0.138. The van der Waals surface area contributed by atoms with Crippen LogP contribution in [-0.4, -0.2) is 23.3 Å². The minimum Gasteiger partial charge on any atom is -0.508 e. The van der Waals surface area contributed by atoms with Gasteiger partial charge >= 0.3 is 5.97 Å². The van der Waals surface area contributed by atoms with Crippen molar-refractivity contribution >= 4 is 11.7 Å². The van der Waals surface area contributed by atoms with Gasteiger partial charge in [0.1, 0.15) is 11.5 Å². The molecule has 5 nitrogen and oxygen atoms in total. The molecule has 1 unspecified atom stereocenters. The Morgan fingerprint density at radius 3 is 2.50 bits per heavy atom. The Hall–Kier alpha value is -2.69. The fourth-order valence-corrected chi connectivity index (χ4v) is 1.83. The first-order valence-electron chi connectivity index (χ1n) is 6.02. The minimum atomic E-state index is -1.00. The number of hydrogen-bond donors (Lipinski definition) is 3. The van der Waals surface area contributed by atoms with Crippen LogP contribution in [0.3, 0.4) is 0 Å². The normalized spacial score (nSPS) is 11.7. The Kier molecular flexibility index (Phi) is 4.10. The number of anilines is 1. The zero-order valence-electron chi connectivity index (χ0n) is 10.9. The third-order valence-corrected chi connectivity index (χ3v) is 2.85. The largest absolute Gasteiger partial charge is 0.508 e. The summed E-state index contributed by atoms with van der Waals surface area (Å²) in [6.45, 7) is 0. The molecule has 0 saturated heterocycles. The number of hydrogen-bond acceptors (Lipinski definition) is 4. The number of ether oxygens (including phenoxy) is 1. The number of phenols is 1. The molecule has 3 N–H and O–H groups in total. The number of carbonyl (C=O) groups is 1. The van der Waals surface area contributed by atoms with Gasteiger partial charge in [0.15, 0.2) is 6.04 Å². The van der Waals surface area contributed by atoms with E-state index in [1.54, 1.807) is 43.5 Å². The minimum absolute atomic E-state index is 0.0965. The van der Waals surface area contributed by atoms with Gasteiger partial charge < -0.3 is 20.3 Å². The average Bonchev–Trinajstić information content (AvgIpc) is 2.46. The highest BCUT2D eigenvalue weighted by atomic mass is 16.5. The third kappa shape index (κ3) is 3.20. The summed E-state index contributed by atoms with van der Waals surface area (Å²) < 4.78 is 5.10. The number of carboxylic acid groups (broad SMARTS) is 1. The second-order valence-electron chi connectivity index (χ2n) is 4.24. The molecule has 0 amide bonds. The third-order valence-electron chi connectivity index (χ3n) is 2.85. The standard InChI is InChI=1S/C15H15NO4/c1-20-13-4-2-3-11(9-13)16-14(15(18)19)10-5-7-12(17)8-6-10/h2-9,14,16-17H,1H3,(H,18,19). The van der Waals surface area contributed by atoms with E-state index < -0.39 is 12.0 Å². The van der Waals surface area contributed by atoms with Crippen LogP contribution < -0.4 is 10.1 Å². The Balaban J connectivity index is 2.25. The summed E-state index contributed by atoms with van der Waals surface area (Å²) in [4.78, 5) is 11.4. The number of rotatable bonds is 5. The van der Waals surface area contributed by atoms with Gasteiger partial charge in [-0.25, -0.2) is 4.79 Å². The topological polar surface area (TPSA) is 78.8 Å². The van der Waals surface area contributed by atoms with E-state index >= 15 is 0 Å². The van der Waals surface area contributed by atoms with Gasteiger partial charge in [-0.1, -0.05) is 18.2 Å². The molecule has 0 spiro atoms. The van der Waals surface area contributed by atoms with Crippen molar-refractivity contribution in [1.82, 2.24) is 0 Å². The lowest BCUT2D eigenvalue weighted by atomic mass is 10.1. The first-order valence-corrected chi connectivity index (χ1v) is 6.02. The zero-order chi connectivity index (χ0) is 14.5. The number of aromatic hydroxyl groups is 1. The summed E-state index contributed by atoms with van der Waals surface area (Å²) in [6.07, 6.45) is 0. The summed E-state index contributed by atoms with van der Waals surface area (Å²) in [5.41, 5.74) is 1.20. The summed E-state index contributed by atoms with van der Waals surface area (Å²) in [6, 6.07) is 12.2. The molecule has 2 aromatic rings. The lowest BCUT2D eigenvalue weighted by Crippen LogP contribution is -2.20. The van der Waals surface area contributed by atoms with Crippen molar-refractivity contribution in [2.24, 2.45) is 0 Å². The molecular weight excluding hydrogens is 258 g/mol. The highest BCUT2D eigenvalue weighted by Gasteiger charge is 2.19. The summed E-state index contributed by atoms with van der Waals surface area (Å²) in [7, 11) is 1.55. The Morgan fingerprint density at radius 1 is 1.20 bits per heavy atom. The molecule has 0 bridgehead atoms. The average molecular weight is 273 g/mol. The molecule has 0 fully saturated rings. The van der Waals surface area contributed by atoms with E-state index in [9.17, 15) is 15.0 Å². The molecule has 1 atom stereocenters. The second kappa shape index (κ2) is 5.97. The van der Waals surface area contributed by atoms with Crippen molar-refractivity contribution in [2.75, 3.05) is 12.4 Å². The van der Waals surface area contributed by atoms with Crippen LogP contribution in [0.4, 0.5) is 5.69 Å². The van der Waals surface area contributed by atoms with Crippen LogP contribution in [0, 0.1) is 0 Å². The summed E-state index contributed by atoms with van der Waals surface area (Å²) in [5.74, 6) is -0.261. The highest BCUT2D eigenvalue weighted by Crippen LogP contribution is 2.24. The molecule has 20 heavy (non-hydrogen) atoms. The van der Waals surface area contributed by atoms with Crippen LogP contribution in [0.5, 0.6) is 11.5 Å². The molecule has 0 heterocycles. The number of benzene rings is 2. The van der Waals surface area contributed by atoms with Crippen LogP contribution in [0.15, 0.2) is 48.5 Å². The number of aliphatic carboxylic acids is 1. The van der Waals surface area contributed by atoms with Gasteiger partial charge in [-0.15, -0.1) is 0 Å². The van der Waals surface area contributed by atoms with Crippen LogP contribution in [0.25, 0.3) is 0 Å². The maximum absolute atomic E-state index is 11.4. The summed E-state index contributed by atoms with van der Waals surface area (Å²) in [5, 5.41) is 21.5. The number of methoxy groups -OCH3 is 1. The SMILES string of the molecule is COc1cccc(NC(C(=O)O)c2ccc(O)cc2)c1. The number of phenolic OH excluding ortho intramolecular Hbond substituents is 1. The van der Waals surface area contributed by atoms with Gasteiger partial charge in [0.2, 0.25) is 0 Å². The molecule has 0 aliphatic carbocycles. The van der Waals surface area contributed by atoms with E-state index in [0.717, 1.165) is 0 Å². The lowest BCUT2D eigenvalue weighted by Gasteiger charge is -2.16. The molecule has 0 radical (unpaired) electrons. The maximum atomic E-state index is 11.4. The number of nitrogens with one attached hydrogen (secondary N) is 1. The molecule has 0 aliphatic rings. The Bertz CT molecular complexity index is 595. The second-order valence-corrected chi connectivity index (χ2v) is 4.24. The molecular formula is C15H15NO4. The summed E-state index contributed by atoms with van der Waals surface area (Å²) >= 11 is 0. The zero-order valence-corrected chi connectivity index (χ0v) is 10.9. The molecule has 2 rings (SSSR count). The van der Waals surface area contributed by atoms with Crippen LogP contribution in [0.1, 0.15) is 11.6 Å². The first-order chi connectivity index (χ1) is 9.60. The molecule has 0 aliphatic heterocycles. The van der Waals surface area contributed by atoms with Crippen molar-refractivity contribution in [2.45, 2.75) is 6.04 Å². The van der Waals surface area contributed by atoms with Crippen molar-refractivity contribution in [3.8, 4) is 11.5 Å². The van der Waals surface area contributed by atoms with Crippen molar-refractivity contribution in [3.05, 3.63) is 54.1 Å². The van der Waals surface area contributed by atoms with Gasteiger partial charge in [0.25, 0.3) is 0 Å². The number of carboxylic acids is 1. The van der Waals surface area contributed by atoms with E-state index in [1.807, 2.05) is 0 Å². The maximum Gasteiger partial charge on any atom is 0.330 e. The molecule has 0 saturated carbocycles. The molecule has 0 aromatic heterocycles. The Labute approximate surface area is 116 Å². The predicted octanol–water partition coefficient (Wildman–Crippen LogP) is 2.64. The van der Waals surface area contributed by atoms with Gasteiger partial charge in [-0.05, 0) is 29.8 Å². The smallest absolute Gasteiger partial charge is 0.330 e. The fraction of sp³-hybridized carbons (Fsp3) is 0.133. The quantitative estimate of drug-likeness (QED) is 0.780. The predicted molar refractivity (Wildman–Crippen MR) is 75.1 cm³/mol. The first kappa shape index (κ1) is 13.7. The van der Waals surface area contributed by atoms with Gasteiger partial charge in [-0.2, -0.15) is 0 Å². The molecule has 104 valence electrons. The van der Waals surface area contributed by atoms with E-state index in [4.69, 9.17) is 4.74 Å². The van der Waals surface area contributed by atoms with Crippen molar-refractivity contribution in [1.29, 1.82) is 0 Å². The fourth-order valence-electron chi connectivity index (χ4n) is 1.83. The van der Waals surface area contributed by atoms with E-state index in [2.05, 4.69) is 5.32 Å². The highest BCUT2D eigenvalue weighted by molar-refractivity contribution is 5.79. The van der Waals surface area contributed by atoms with Crippen LogP contribution in [-0.2, 0) is 4.79 Å². The monoisotopic (exact) mass is 273 g/mol. The van der Waals surface area contributed by atoms with Gasteiger partial charge in [-0.3, -0.25) is 0 Å². The Morgan fingerprint density at radius 2 is 1.90 bits per heavy atom. The van der Waals surface area contributed by atoms with E-state index in [-0.39, 0.29) is 5.75 Å². The van der Waals surface area contributed by atoms with Crippen LogP contribution in [0.2, 0.25) is 0 Å². The van der Waals surface area contributed by atoms with E-state index in [0.29, 0.717) is 17.0 Å². The van der Waals surface area contributed by atoms with Crippen molar-refractivity contribution in [3.63, 3.8) is 0 Å². The van der Waals surface area contributed by atoms with Crippen molar-refractivity contribution < 1.29 is 19.7 Å². The van der Waals surface area contributed by atoms with E-state index in [1.165, 1.54) is 12.1 Å². The van der Waals surface area contributed by atoms with Gasteiger partial charge in [0.05, 0.1) is 7.11 Å².